The lowest BCUT2D eigenvalue weighted by Gasteiger charge is -2.30. The molecule has 2 heterocycles. The van der Waals surface area contributed by atoms with Gasteiger partial charge in [0, 0.05) is 30.3 Å². The zero-order valence-corrected chi connectivity index (χ0v) is 20.3. The summed E-state index contributed by atoms with van der Waals surface area (Å²) in [4.78, 5) is 27.0. The summed E-state index contributed by atoms with van der Waals surface area (Å²) in [6.45, 7) is 2.75. The number of benzene rings is 1. The summed E-state index contributed by atoms with van der Waals surface area (Å²) in [5, 5.41) is 29.6. The van der Waals surface area contributed by atoms with Gasteiger partial charge in [-0.25, -0.2) is 0 Å². The average molecular weight is 528 g/mol. The third-order valence-electron chi connectivity index (χ3n) is 6.09. The molecule has 0 bridgehead atoms. The van der Waals surface area contributed by atoms with E-state index in [9.17, 15) is 33.0 Å². The predicted octanol–water partition coefficient (Wildman–Crippen LogP) is 1.80. The first-order valence-corrected chi connectivity index (χ1v) is 11.5. The first kappa shape index (κ1) is 27.5. The number of carboxylic acid groups (broad SMARTS) is 2. The quantitative estimate of drug-likeness (QED) is 0.505. The molecule has 2 atom stereocenters. The largest absolute Gasteiger partial charge is 0.550 e. The van der Waals surface area contributed by atoms with Gasteiger partial charge in [-0.05, 0) is 62.6 Å². The monoisotopic (exact) mass is 527 g/mol. The van der Waals surface area contributed by atoms with Crippen LogP contribution in [0, 0.1) is 5.92 Å². The molecule has 0 saturated carbocycles. The van der Waals surface area contributed by atoms with Crippen LogP contribution in [0.3, 0.4) is 0 Å². The maximum absolute atomic E-state index is 13.1. The standard InChI is InChI=1S/C24H27ClF3N3O5/c1-23(2,24(26,27)28)36-14-4-3-13(30-11-14)10-31-21-16-7-8-29-12-18(15(16)5-6-19(21)25)17(22(34)35)9-20(32)33/h3-6,11,17-18,29,31H,7-10,12H2,1-2H3,(H,32,33)(H,34,35)/p-2. The van der Waals surface area contributed by atoms with Gasteiger partial charge in [0.05, 0.1) is 29.1 Å². The van der Waals surface area contributed by atoms with Gasteiger partial charge in [0.25, 0.3) is 0 Å². The molecule has 1 aromatic carbocycles. The number of alkyl halides is 3. The van der Waals surface area contributed by atoms with Crippen LogP contribution in [0.25, 0.3) is 0 Å². The van der Waals surface area contributed by atoms with Crippen molar-refractivity contribution >= 4 is 29.2 Å². The van der Waals surface area contributed by atoms with Crippen molar-refractivity contribution in [1.82, 2.24) is 10.3 Å². The average Bonchev–Trinajstić information content (AvgIpc) is 2.99. The molecule has 8 nitrogen and oxygen atoms in total. The molecule has 2 aromatic rings. The molecule has 0 spiro atoms. The Kier molecular flexibility index (Phi) is 8.35. The van der Waals surface area contributed by atoms with Crippen molar-refractivity contribution in [1.29, 1.82) is 0 Å². The number of carbonyl (C=O) groups is 2. The van der Waals surface area contributed by atoms with Crippen molar-refractivity contribution in [2.24, 2.45) is 5.92 Å². The van der Waals surface area contributed by atoms with E-state index in [1.807, 2.05) is 0 Å². The first-order chi connectivity index (χ1) is 16.8. The van der Waals surface area contributed by atoms with E-state index in [2.05, 4.69) is 15.6 Å². The molecule has 0 fully saturated rings. The van der Waals surface area contributed by atoms with E-state index in [-0.39, 0.29) is 18.8 Å². The fourth-order valence-corrected chi connectivity index (χ4v) is 4.30. The minimum absolute atomic E-state index is 0.0390. The zero-order valence-electron chi connectivity index (χ0n) is 19.6. The van der Waals surface area contributed by atoms with E-state index in [1.54, 1.807) is 12.1 Å². The Bertz CT molecular complexity index is 1110. The van der Waals surface area contributed by atoms with E-state index in [1.165, 1.54) is 18.3 Å². The van der Waals surface area contributed by atoms with Crippen molar-refractivity contribution in [3.8, 4) is 5.75 Å². The third kappa shape index (κ3) is 6.38. The second kappa shape index (κ2) is 10.9. The number of rotatable bonds is 9. The molecule has 12 heteroatoms. The minimum atomic E-state index is -4.56. The van der Waals surface area contributed by atoms with Gasteiger partial charge in [-0.1, -0.05) is 17.7 Å². The highest BCUT2D eigenvalue weighted by molar-refractivity contribution is 6.33. The number of nitrogens with one attached hydrogen (secondary N) is 2. The molecule has 0 saturated heterocycles. The van der Waals surface area contributed by atoms with Gasteiger partial charge in [0.2, 0.25) is 0 Å². The van der Waals surface area contributed by atoms with Gasteiger partial charge in [-0.2, -0.15) is 13.2 Å². The van der Waals surface area contributed by atoms with Gasteiger partial charge >= 0.3 is 6.18 Å². The van der Waals surface area contributed by atoms with Crippen molar-refractivity contribution < 1.29 is 37.7 Å². The summed E-state index contributed by atoms with van der Waals surface area (Å²) < 4.78 is 44.2. The number of pyridine rings is 1. The zero-order chi connectivity index (χ0) is 26.7. The molecule has 0 radical (unpaired) electrons. The van der Waals surface area contributed by atoms with Crippen LogP contribution in [0.4, 0.5) is 18.9 Å². The molecule has 2 unspecified atom stereocenters. The number of fused-ring (bicyclic) bond motifs is 1. The predicted molar refractivity (Wildman–Crippen MR) is 121 cm³/mol. The fraction of sp³-hybridized carbons (Fsp3) is 0.458. The Hall–Kier alpha value is -3.05. The Morgan fingerprint density at radius 1 is 1.25 bits per heavy atom. The molecule has 0 amide bonds. The molecular formula is C24H25ClF3N3O5-2. The summed E-state index contributed by atoms with van der Waals surface area (Å²) in [6.07, 6.45) is -3.56. The van der Waals surface area contributed by atoms with Crippen molar-refractivity contribution in [3.63, 3.8) is 0 Å². The Morgan fingerprint density at radius 3 is 2.56 bits per heavy atom. The summed E-state index contributed by atoms with van der Waals surface area (Å²) in [5.74, 6) is -5.00. The smallest absolute Gasteiger partial charge is 0.427 e. The highest BCUT2D eigenvalue weighted by Gasteiger charge is 2.49. The number of ether oxygens (including phenoxy) is 1. The number of hydrogen-bond acceptors (Lipinski definition) is 8. The normalized spacial score (nSPS) is 17.0. The van der Waals surface area contributed by atoms with Crippen LogP contribution in [0.15, 0.2) is 30.5 Å². The van der Waals surface area contributed by atoms with Crippen molar-refractivity contribution in [2.75, 3.05) is 18.4 Å². The molecule has 36 heavy (non-hydrogen) atoms. The minimum Gasteiger partial charge on any atom is -0.550 e. The molecule has 1 aliphatic rings. The molecule has 3 rings (SSSR count). The number of anilines is 1. The summed E-state index contributed by atoms with van der Waals surface area (Å²) in [5.41, 5.74) is 0.0126. The fourth-order valence-electron chi connectivity index (χ4n) is 4.06. The maximum atomic E-state index is 13.1. The molecule has 196 valence electrons. The number of aliphatic carboxylic acids is 2. The van der Waals surface area contributed by atoms with Crippen molar-refractivity contribution in [2.45, 2.75) is 50.9 Å². The maximum Gasteiger partial charge on any atom is 0.427 e. The van der Waals surface area contributed by atoms with Crippen molar-refractivity contribution in [3.05, 3.63) is 52.3 Å². The van der Waals surface area contributed by atoms with Crippen LogP contribution in [-0.2, 0) is 22.6 Å². The van der Waals surface area contributed by atoms with Crippen LogP contribution in [0.1, 0.15) is 43.0 Å². The third-order valence-corrected chi connectivity index (χ3v) is 6.40. The van der Waals surface area contributed by atoms with Crippen LogP contribution < -0.4 is 25.6 Å². The van der Waals surface area contributed by atoms with Gasteiger partial charge < -0.3 is 35.2 Å². The van der Waals surface area contributed by atoms with Gasteiger partial charge in [0.1, 0.15) is 5.75 Å². The molecule has 1 aliphatic heterocycles. The lowest BCUT2D eigenvalue weighted by atomic mass is 9.81. The Morgan fingerprint density at radius 2 is 1.97 bits per heavy atom. The lowest BCUT2D eigenvalue weighted by molar-refractivity contribution is -0.321. The Balaban J connectivity index is 1.82. The first-order valence-electron chi connectivity index (χ1n) is 11.2. The van der Waals surface area contributed by atoms with Crippen LogP contribution >= 0.6 is 11.6 Å². The van der Waals surface area contributed by atoms with Gasteiger partial charge in [0.15, 0.2) is 5.60 Å². The van der Waals surface area contributed by atoms with Gasteiger partial charge in [-0.3, -0.25) is 4.98 Å². The van der Waals surface area contributed by atoms with E-state index in [0.717, 1.165) is 19.4 Å². The van der Waals surface area contributed by atoms with Gasteiger partial charge in [-0.15, -0.1) is 0 Å². The summed E-state index contributed by atoms with van der Waals surface area (Å²) >= 11 is 6.43. The second-order valence-corrected chi connectivity index (χ2v) is 9.41. The second-order valence-electron chi connectivity index (χ2n) is 9.00. The Labute approximate surface area is 210 Å². The number of nitrogens with zero attached hydrogens (tertiary/aromatic N) is 1. The number of carbonyl (C=O) groups excluding carboxylic acids is 2. The number of hydrogen-bond donors (Lipinski definition) is 2. The molecular weight excluding hydrogens is 503 g/mol. The van der Waals surface area contributed by atoms with Crippen LogP contribution in [0.2, 0.25) is 5.02 Å². The number of halogens is 4. The van der Waals surface area contributed by atoms with Crippen LogP contribution in [-0.4, -0.2) is 41.8 Å². The summed E-state index contributed by atoms with van der Waals surface area (Å²) in [7, 11) is 0. The number of aromatic nitrogens is 1. The highest BCUT2D eigenvalue weighted by Crippen LogP contribution is 2.38. The molecule has 0 aliphatic carbocycles. The van der Waals surface area contributed by atoms with E-state index in [0.29, 0.717) is 34.9 Å². The highest BCUT2D eigenvalue weighted by atomic mass is 35.5. The van der Waals surface area contributed by atoms with E-state index >= 15 is 0 Å². The number of carboxylic acids is 2. The molecule has 2 N–H and O–H groups in total. The van der Waals surface area contributed by atoms with E-state index in [4.69, 9.17) is 16.3 Å². The van der Waals surface area contributed by atoms with Crippen LogP contribution in [0.5, 0.6) is 5.75 Å². The lowest BCUT2D eigenvalue weighted by Crippen LogP contribution is -2.44. The van der Waals surface area contributed by atoms with E-state index < -0.39 is 42.0 Å². The SMILES string of the molecule is CC(C)(Oc1ccc(CNc2c(Cl)ccc3c2CCNCC3C(CC(=O)[O-])C(=O)[O-])nc1)C(F)(F)F. The summed E-state index contributed by atoms with van der Waals surface area (Å²) in [6, 6.07) is 6.17. The molecule has 1 aromatic heterocycles. The topological polar surface area (TPSA) is 126 Å².